The van der Waals surface area contributed by atoms with Crippen LogP contribution in [0.3, 0.4) is 0 Å². The van der Waals surface area contributed by atoms with Gasteiger partial charge in [0, 0.05) is 50.9 Å². The number of amides is 1. The van der Waals surface area contributed by atoms with E-state index < -0.39 is 23.3 Å². The third-order valence-corrected chi connectivity index (χ3v) is 10.2. The number of aromatic hydroxyl groups is 1. The highest BCUT2D eigenvalue weighted by Gasteiger charge is 2.49. The number of rotatable bonds is 7. The molecule has 0 radical (unpaired) electrons. The molecule has 2 saturated heterocycles. The smallest absolute Gasteiger partial charge is 0.319 e. The number of phenols is 1. The summed E-state index contributed by atoms with van der Waals surface area (Å²) in [5.74, 6) is -1.26. The molecule has 254 valence electrons. The molecule has 2 aromatic carbocycles. The first kappa shape index (κ1) is 31.3. The minimum absolute atomic E-state index is 0.0813. The van der Waals surface area contributed by atoms with Gasteiger partial charge in [-0.3, -0.25) is 19.8 Å². The SMILES string of the molecule is CCc1c(F)ccc2cc(O)cc(-c3ncc4c(N5Cc6n[nH]c(C(=O)N(C)C)c6C5)nc(OC[C@@]56CCCN5C[C@H](F)C6)nc4c3F)c12. The minimum atomic E-state index is -0.955. The topological polar surface area (TPSA) is 124 Å². The Morgan fingerprint density at radius 2 is 2.04 bits per heavy atom. The van der Waals surface area contributed by atoms with Crippen LogP contribution in [0.25, 0.3) is 32.9 Å². The number of alkyl halides is 1. The van der Waals surface area contributed by atoms with E-state index >= 15 is 8.78 Å². The average molecular weight is 673 g/mol. The second-order valence-corrected chi connectivity index (χ2v) is 13.4. The summed E-state index contributed by atoms with van der Waals surface area (Å²) in [5.41, 5.74) is 1.64. The molecule has 3 aromatic heterocycles. The van der Waals surface area contributed by atoms with E-state index in [-0.39, 0.29) is 54.1 Å². The highest BCUT2D eigenvalue weighted by molar-refractivity contribution is 6.02. The number of aromatic nitrogens is 5. The number of aryl methyl sites for hydroxylation is 1. The fourth-order valence-corrected chi connectivity index (χ4v) is 7.88. The van der Waals surface area contributed by atoms with E-state index in [1.165, 1.54) is 29.3 Å². The van der Waals surface area contributed by atoms with Gasteiger partial charge in [0.05, 0.1) is 23.2 Å². The van der Waals surface area contributed by atoms with Gasteiger partial charge in [0.1, 0.15) is 47.1 Å². The largest absolute Gasteiger partial charge is 0.508 e. The summed E-state index contributed by atoms with van der Waals surface area (Å²) in [6.45, 7) is 3.61. The number of nitrogens with one attached hydrogen (secondary N) is 1. The molecule has 14 heteroatoms. The van der Waals surface area contributed by atoms with E-state index in [2.05, 4.69) is 25.1 Å². The van der Waals surface area contributed by atoms with Crippen molar-refractivity contribution in [3.63, 3.8) is 0 Å². The fraction of sp³-hybridized carbons (Fsp3) is 0.400. The Hall–Kier alpha value is -4.98. The van der Waals surface area contributed by atoms with Crippen LogP contribution in [-0.4, -0.2) is 91.5 Å². The Labute approximate surface area is 279 Å². The Kier molecular flexibility index (Phi) is 7.39. The number of benzene rings is 2. The molecule has 0 saturated carbocycles. The van der Waals surface area contributed by atoms with Gasteiger partial charge in [0.15, 0.2) is 5.82 Å². The molecule has 0 unspecified atom stereocenters. The van der Waals surface area contributed by atoms with E-state index in [4.69, 9.17) is 9.72 Å². The number of hydrogen-bond donors (Lipinski definition) is 2. The van der Waals surface area contributed by atoms with E-state index in [1.54, 1.807) is 27.1 Å². The fourth-order valence-electron chi connectivity index (χ4n) is 7.88. The molecule has 0 aliphatic carbocycles. The molecule has 3 aliphatic heterocycles. The monoisotopic (exact) mass is 672 g/mol. The van der Waals surface area contributed by atoms with Crippen molar-refractivity contribution in [2.45, 2.75) is 57.4 Å². The van der Waals surface area contributed by atoms with Crippen LogP contribution in [0.15, 0.2) is 30.5 Å². The van der Waals surface area contributed by atoms with E-state index in [1.807, 2.05) is 4.90 Å². The standard InChI is InChI=1S/C35H35F3N8O3/c1-4-21-25(37)7-6-18-10-20(47)11-22(27(18)21)29-28(38)30-23(13-39-29)32(45-15-24-26(16-45)42-43-31(24)33(48)44(2)3)41-34(40-30)49-17-35-8-5-9-46(35)14-19(36)12-35/h6-7,10-11,13,19,47H,4-5,8-9,12,14-17H2,1-3H3,(H,42,43)/t19-,35+/m1/s1. The quantitative estimate of drug-likeness (QED) is 0.237. The predicted octanol–water partition coefficient (Wildman–Crippen LogP) is 5.29. The summed E-state index contributed by atoms with van der Waals surface area (Å²) in [4.78, 5) is 32.1. The molecule has 8 rings (SSSR count). The van der Waals surface area contributed by atoms with E-state index in [9.17, 15) is 14.3 Å². The van der Waals surface area contributed by atoms with Gasteiger partial charge in [0.2, 0.25) is 0 Å². The molecule has 11 nitrogen and oxygen atoms in total. The summed E-state index contributed by atoms with van der Waals surface area (Å²) >= 11 is 0. The molecule has 2 N–H and O–H groups in total. The van der Waals surface area contributed by atoms with Gasteiger partial charge in [-0.05, 0) is 60.3 Å². The number of anilines is 1. The van der Waals surface area contributed by atoms with Crippen LogP contribution in [0.5, 0.6) is 11.8 Å². The van der Waals surface area contributed by atoms with Crippen molar-refractivity contribution in [3.8, 4) is 23.0 Å². The van der Waals surface area contributed by atoms with E-state index in [0.717, 1.165) is 19.4 Å². The Bertz CT molecular complexity index is 2160. The maximum Gasteiger partial charge on any atom is 0.319 e. The van der Waals surface area contributed by atoms with Gasteiger partial charge in [0.25, 0.3) is 5.91 Å². The van der Waals surface area contributed by atoms with Crippen LogP contribution in [-0.2, 0) is 19.5 Å². The van der Waals surface area contributed by atoms with Gasteiger partial charge in [-0.1, -0.05) is 13.0 Å². The zero-order valence-electron chi connectivity index (χ0n) is 27.4. The zero-order valence-corrected chi connectivity index (χ0v) is 27.4. The summed E-state index contributed by atoms with van der Waals surface area (Å²) in [5, 5.41) is 19.1. The Morgan fingerprint density at radius 3 is 2.84 bits per heavy atom. The van der Waals surface area contributed by atoms with Crippen molar-refractivity contribution < 1.29 is 27.8 Å². The van der Waals surface area contributed by atoms with Gasteiger partial charge in [-0.2, -0.15) is 15.1 Å². The average Bonchev–Trinajstić information content (AvgIpc) is 3.83. The number of aromatic amines is 1. The Balaban J connectivity index is 1.26. The number of carbonyl (C=O) groups excluding carboxylic acids is 1. The number of hydrogen-bond acceptors (Lipinski definition) is 9. The lowest BCUT2D eigenvalue weighted by atomic mass is 9.94. The van der Waals surface area contributed by atoms with Crippen LogP contribution in [0.4, 0.5) is 19.0 Å². The molecular weight excluding hydrogens is 637 g/mol. The molecule has 6 heterocycles. The minimum Gasteiger partial charge on any atom is -0.508 e. The second kappa shape index (κ2) is 11.6. The lowest BCUT2D eigenvalue weighted by molar-refractivity contribution is 0.0821. The molecule has 49 heavy (non-hydrogen) atoms. The van der Waals surface area contributed by atoms with Crippen LogP contribution in [0, 0.1) is 11.6 Å². The van der Waals surface area contributed by atoms with Crippen molar-refractivity contribution >= 4 is 33.4 Å². The van der Waals surface area contributed by atoms with Gasteiger partial charge in [-0.25, -0.2) is 13.2 Å². The maximum atomic E-state index is 16.9. The highest BCUT2D eigenvalue weighted by atomic mass is 19.1. The zero-order chi connectivity index (χ0) is 34.2. The number of H-pyrrole nitrogens is 1. The van der Waals surface area contributed by atoms with Crippen molar-refractivity contribution in [1.82, 2.24) is 34.9 Å². The number of halogens is 3. The second-order valence-electron chi connectivity index (χ2n) is 13.4. The van der Waals surface area contributed by atoms with Gasteiger partial charge < -0.3 is 19.6 Å². The van der Waals surface area contributed by atoms with Crippen molar-refractivity contribution in [2.75, 3.05) is 38.7 Å². The molecule has 0 spiro atoms. The summed E-state index contributed by atoms with van der Waals surface area (Å²) in [7, 11) is 3.31. The lowest BCUT2D eigenvalue weighted by Gasteiger charge is -2.31. The molecule has 3 aliphatic rings. The number of carbonyl (C=O) groups is 1. The lowest BCUT2D eigenvalue weighted by Crippen LogP contribution is -2.43. The maximum absolute atomic E-state index is 16.9. The Morgan fingerprint density at radius 1 is 1.20 bits per heavy atom. The number of fused-ring (bicyclic) bond motifs is 4. The first-order chi connectivity index (χ1) is 23.6. The van der Waals surface area contributed by atoms with Crippen molar-refractivity contribution in [3.05, 3.63) is 64.6 Å². The predicted molar refractivity (Wildman–Crippen MR) is 176 cm³/mol. The number of ether oxygens (including phenoxy) is 1. The number of nitrogens with zero attached hydrogens (tertiary/aromatic N) is 7. The van der Waals surface area contributed by atoms with Crippen LogP contribution in [0.1, 0.15) is 53.5 Å². The first-order valence-corrected chi connectivity index (χ1v) is 16.4. The summed E-state index contributed by atoms with van der Waals surface area (Å²) in [6.07, 6.45) is 2.88. The summed E-state index contributed by atoms with van der Waals surface area (Å²) < 4.78 is 52.7. The summed E-state index contributed by atoms with van der Waals surface area (Å²) in [6, 6.07) is 5.67. The third kappa shape index (κ3) is 5.03. The molecular formula is C35H35F3N8O3. The van der Waals surface area contributed by atoms with Crippen molar-refractivity contribution in [2.24, 2.45) is 0 Å². The normalized spacial score (nSPS) is 20.4. The van der Waals surface area contributed by atoms with E-state index in [0.29, 0.717) is 63.9 Å². The molecule has 2 atom stereocenters. The van der Waals surface area contributed by atoms with Gasteiger partial charge in [-0.15, -0.1) is 0 Å². The first-order valence-electron chi connectivity index (χ1n) is 16.4. The van der Waals surface area contributed by atoms with Crippen LogP contribution in [0.2, 0.25) is 0 Å². The molecule has 5 aromatic rings. The molecule has 0 bridgehead atoms. The van der Waals surface area contributed by atoms with Crippen molar-refractivity contribution in [1.29, 1.82) is 0 Å². The van der Waals surface area contributed by atoms with Gasteiger partial charge >= 0.3 is 6.01 Å². The van der Waals surface area contributed by atoms with Crippen LogP contribution >= 0.6 is 0 Å². The third-order valence-electron chi connectivity index (χ3n) is 10.2. The highest BCUT2D eigenvalue weighted by Crippen LogP contribution is 2.42. The van der Waals surface area contributed by atoms with Crippen LogP contribution < -0.4 is 9.64 Å². The molecule has 1 amide bonds. The number of pyridine rings is 1. The molecule has 2 fully saturated rings. The number of phenolic OH excluding ortho intramolecular Hbond substituents is 1.